The van der Waals surface area contributed by atoms with E-state index in [4.69, 9.17) is 29.4 Å². The Bertz CT molecular complexity index is 1610. The second kappa shape index (κ2) is 23.4. The number of aliphatic hydroxyl groups excluding tert-OH is 1. The molecular weight excluding hydrogens is 742 g/mol. The molecule has 17 nitrogen and oxygen atoms in total. The normalized spacial score (nSPS) is 26.7. The Morgan fingerprint density at radius 3 is 2.25 bits per heavy atom. The van der Waals surface area contributed by atoms with Crippen LogP contribution in [-0.4, -0.2) is 94.4 Å². The minimum atomic E-state index is -1.73. The van der Waals surface area contributed by atoms with Crippen molar-refractivity contribution in [3.05, 3.63) is 44.9 Å². The zero-order valence-corrected chi connectivity index (χ0v) is 33.6. The Hall–Kier alpha value is -4.06. The van der Waals surface area contributed by atoms with Crippen LogP contribution in [0.15, 0.2) is 33.7 Å². The van der Waals surface area contributed by atoms with E-state index in [2.05, 4.69) is 22.5 Å². The molecule has 3 aliphatic rings. The predicted molar refractivity (Wildman–Crippen MR) is 207 cm³/mol. The lowest BCUT2D eigenvalue weighted by Crippen LogP contribution is -2.52. The number of H-pyrrole nitrogens is 1. The number of amides is 3. The van der Waals surface area contributed by atoms with Gasteiger partial charge < -0.3 is 45.2 Å². The molecule has 2 saturated heterocycles. The summed E-state index contributed by atoms with van der Waals surface area (Å²) < 4.78 is 30.3. The topological polar surface area (TPSA) is 240 Å². The number of aliphatic hydroxyl groups is 1. The number of nitrogens with two attached hydrogens (primary N) is 1. The van der Waals surface area contributed by atoms with Gasteiger partial charge in [0, 0.05) is 38.3 Å². The monoisotopic (exact) mass is 805 g/mol. The first-order chi connectivity index (χ1) is 27.4. The first-order valence-corrected chi connectivity index (χ1v) is 20.7. The van der Waals surface area contributed by atoms with Crippen molar-refractivity contribution in [1.29, 1.82) is 0 Å². The van der Waals surface area contributed by atoms with E-state index in [-0.39, 0.29) is 30.5 Å². The van der Waals surface area contributed by atoms with Crippen LogP contribution in [0.2, 0.25) is 0 Å². The van der Waals surface area contributed by atoms with Gasteiger partial charge in [-0.1, -0.05) is 84.0 Å². The van der Waals surface area contributed by atoms with Gasteiger partial charge in [0.05, 0.1) is 0 Å². The maximum atomic E-state index is 13.2. The van der Waals surface area contributed by atoms with Gasteiger partial charge in [-0.2, -0.15) is 0 Å². The molecule has 57 heavy (non-hydrogen) atoms. The van der Waals surface area contributed by atoms with Crippen LogP contribution in [0.5, 0.6) is 0 Å². The fourth-order valence-electron chi connectivity index (χ4n) is 7.50. The van der Waals surface area contributed by atoms with E-state index < -0.39 is 78.1 Å². The number of aromatic amines is 1. The molecule has 2 fully saturated rings. The average molecular weight is 806 g/mol. The SMILES string of the molecule is CCCCCCCCCCCCCCCC(=O)O[C@@H]1[C@H](OC)[C@@H]([C@@H](O[C@H]2OC(C(=O)N[C@H]3CCC[C@@H](C)NC3=O)=CC[C@@H]2O)C(N)=O)O[C@H]1n1ccc(=O)[nH]c1=O. The van der Waals surface area contributed by atoms with Crippen LogP contribution < -0.4 is 27.6 Å². The summed E-state index contributed by atoms with van der Waals surface area (Å²) in [5, 5.41) is 16.3. The molecule has 17 heteroatoms. The molecule has 9 atom stereocenters. The second-order valence-corrected chi connectivity index (χ2v) is 15.3. The number of nitrogens with one attached hydrogen (secondary N) is 3. The highest BCUT2D eigenvalue weighted by Crippen LogP contribution is 2.36. The van der Waals surface area contributed by atoms with Crippen molar-refractivity contribution in [2.45, 2.75) is 185 Å². The Labute approximate surface area is 333 Å². The molecule has 3 aliphatic heterocycles. The second-order valence-electron chi connectivity index (χ2n) is 15.3. The van der Waals surface area contributed by atoms with Gasteiger partial charge in [-0.05, 0) is 38.7 Å². The van der Waals surface area contributed by atoms with Crippen LogP contribution in [-0.2, 0) is 42.9 Å². The van der Waals surface area contributed by atoms with E-state index in [1.54, 1.807) is 0 Å². The molecule has 0 aliphatic carbocycles. The molecule has 0 radical (unpaired) electrons. The number of ether oxygens (including phenoxy) is 5. The molecule has 3 amide bonds. The molecule has 0 aromatic carbocycles. The average Bonchev–Trinajstić information content (AvgIpc) is 3.43. The highest BCUT2D eigenvalue weighted by molar-refractivity contribution is 5.95. The van der Waals surface area contributed by atoms with Crippen LogP contribution >= 0.6 is 0 Å². The molecule has 4 rings (SSSR count). The third-order valence-electron chi connectivity index (χ3n) is 10.7. The van der Waals surface area contributed by atoms with Gasteiger partial charge >= 0.3 is 11.7 Å². The van der Waals surface area contributed by atoms with E-state index in [9.17, 15) is 33.9 Å². The van der Waals surface area contributed by atoms with E-state index >= 15 is 0 Å². The van der Waals surface area contributed by atoms with Gasteiger partial charge in [-0.25, -0.2) is 4.79 Å². The van der Waals surface area contributed by atoms with Crippen molar-refractivity contribution in [2.75, 3.05) is 7.11 Å². The molecular formula is C40H63N5O12. The molecule has 0 spiro atoms. The van der Waals surface area contributed by atoms with Crippen LogP contribution in [0.1, 0.15) is 136 Å². The maximum Gasteiger partial charge on any atom is 0.330 e. The van der Waals surface area contributed by atoms with E-state index in [0.717, 1.165) is 48.9 Å². The zero-order chi connectivity index (χ0) is 41.3. The first kappa shape index (κ1) is 45.6. The smallest absolute Gasteiger partial charge is 0.330 e. The maximum absolute atomic E-state index is 13.2. The third kappa shape index (κ3) is 13.8. The number of unbranched alkanes of at least 4 members (excludes halogenated alkanes) is 12. The molecule has 0 bridgehead atoms. The van der Waals surface area contributed by atoms with Gasteiger partial charge in [-0.15, -0.1) is 0 Å². The highest BCUT2D eigenvalue weighted by Gasteiger charge is 2.54. The van der Waals surface area contributed by atoms with Crippen molar-refractivity contribution in [1.82, 2.24) is 20.2 Å². The van der Waals surface area contributed by atoms with Crippen molar-refractivity contribution >= 4 is 23.7 Å². The largest absolute Gasteiger partial charge is 0.457 e. The Balaban J connectivity index is 1.38. The van der Waals surface area contributed by atoms with Gasteiger partial charge in [-0.3, -0.25) is 33.5 Å². The zero-order valence-electron chi connectivity index (χ0n) is 33.6. The van der Waals surface area contributed by atoms with Crippen LogP contribution in [0.3, 0.4) is 0 Å². The number of esters is 1. The predicted octanol–water partition coefficient (Wildman–Crippen LogP) is 2.88. The van der Waals surface area contributed by atoms with E-state index in [1.165, 1.54) is 64.6 Å². The minimum Gasteiger partial charge on any atom is -0.457 e. The molecule has 6 N–H and O–H groups in total. The van der Waals surface area contributed by atoms with Gasteiger partial charge in [0.2, 0.25) is 18.1 Å². The lowest BCUT2D eigenvalue weighted by Gasteiger charge is -2.33. The van der Waals surface area contributed by atoms with Crippen molar-refractivity contribution in [3.63, 3.8) is 0 Å². The summed E-state index contributed by atoms with van der Waals surface area (Å²) in [6.45, 7) is 4.10. The molecule has 320 valence electrons. The number of methoxy groups -OCH3 is 1. The Morgan fingerprint density at radius 2 is 1.63 bits per heavy atom. The number of nitrogens with zero attached hydrogens (tertiary/aromatic N) is 1. The summed E-state index contributed by atoms with van der Waals surface area (Å²) in [5.74, 6) is -2.95. The summed E-state index contributed by atoms with van der Waals surface area (Å²) in [4.78, 5) is 79.0. The number of carbonyl (C=O) groups excluding carboxylic acids is 4. The number of aromatic nitrogens is 2. The fourth-order valence-corrected chi connectivity index (χ4v) is 7.50. The van der Waals surface area contributed by atoms with Crippen molar-refractivity contribution < 1.29 is 48.0 Å². The first-order valence-electron chi connectivity index (χ1n) is 20.7. The lowest BCUT2D eigenvalue weighted by atomic mass is 10.0. The summed E-state index contributed by atoms with van der Waals surface area (Å²) in [7, 11) is 1.28. The number of carbonyl (C=O) groups is 4. The number of hydrogen-bond donors (Lipinski definition) is 5. The lowest BCUT2D eigenvalue weighted by molar-refractivity contribution is -0.228. The molecule has 4 heterocycles. The molecule has 1 aromatic heterocycles. The van der Waals surface area contributed by atoms with Crippen LogP contribution in [0.4, 0.5) is 0 Å². The van der Waals surface area contributed by atoms with Gasteiger partial charge in [0.25, 0.3) is 11.5 Å². The van der Waals surface area contributed by atoms with Gasteiger partial charge in [0.15, 0.2) is 24.2 Å². The minimum absolute atomic E-state index is 0.0356. The van der Waals surface area contributed by atoms with Gasteiger partial charge in [0.1, 0.15) is 24.4 Å². The van der Waals surface area contributed by atoms with Crippen molar-refractivity contribution in [2.24, 2.45) is 5.73 Å². The number of hydrogen-bond acceptors (Lipinski definition) is 12. The summed E-state index contributed by atoms with van der Waals surface area (Å²) in [6, 6.07) is 0.244. The summed E-state index contributed by atoms with van der Waals surface area (Å²) in [6.07, 6.45) is 9.14. The number of rotatable bonds is 23. The molecule has 0 unspecified atom stereocenters. The summed E-state index contributed by atoms with van der Waals surface area (Å²) in [5.41, 5.74) is 4.25. The van der Waals surface area contributed by atoms with Crippen molar-refractivity contribution in [3.8, 4) is 0 Å². The van der Waals surface area contributed by atoms with Crippen LogP contribution in [0.25, 0.3) is 0 Å². The highest BCUT2D eigenvalue weighted by atomic mass is 16.7. The Kier molecular flexibility index (Phi) is 18.7. The van der Waals surface area contributed by atoms with E-state index in [0.29, 0.717) is 19.3 Å². The molecule has 0 saturated carbocycles. The standard InChI is InChI=1S/C40H63N5O12/c1-4-5-6-7-8-9-10-11-12-13-14-15-16-20-30(48)55-34-31(53-3)32(56-38(34)45-24-23-29(47)44-40(45)52)33(35(41)49)57-39-27(46)21-22-28(54-39)37(51)43-26-19-17-18-25(2)42-36(26)50/h22-27,31-34,38-39,46H,4-21H2,1-3H3,(H2,41,49)(H,42,50)(H,43,51)(H,44,47,52)/t25-,26+,27+,31-,32+,33-,34-,38-,39-/m1/s1. The quantitative estimate of drug-likeness (QED) is 0.0793. The molecule has 1 aromatic rings. The summed E-state index contributed by atoms with van der Waals surface area (Å²) >= 11 is 0. The van der Waals surface area contributed by atoms with Crippen LogP contribution in [0, 0.1) is 0 Å². The number of primary amides is 1. The fraction of sp³-hybridized carbons (Fsp3) is 0.750. The third-order valence-corrected chi connectivity index (χ3v) is 10.7. The van der Waals surface area contributed by atoms with E-state index in [1.807, 2.05) is 6.92 Å². The Morgan fingerprint density at radius 1 is 0.982 bits per heavy atom.